The number of likely N-dealkylation sites (tertiary alicyclic amines) is 1. The lowest BCUT2D eigenvalue weighted by molar-refractivity contribution is 0.113. The van der Waals surface area contributed by atoms with Gasteiger partial charge in [-0.25, -0.2) is 14.6 Å². The molecule has 1 N–H and O–H groups in total. The summed E-state index contributed by atoms with van der Waals surface area (Å²) in [6.45, 7) is 4.13. The topological polar surface area (TPSA) is 87.2 Å². The van der Waals surface area contributed by atoms with Crippen molar-refractivity contribution >= 4 is 23.7 Å². The smallest absolute Gasteiger partial charge is 0.409 e. The number of piperazine rings is 1. The van der Waals surface area contributed by atoms with Crippen molar-refractivity contribution in [3.05, 3.63) is 18.3 Å². The molecule has 3 rings (SSSR count). The van der Waals surface area contributed by atoms with Gasteiger partial charge in [-0.15, -0.1) is 0 Å². The highest BCUT2D eigenvalue weighted by molar-refractivity contribution is 5.68. The van der Waals surface area contributed by atoms with Crippen LogP contribution >= 0.6 is 0 Å². The minimum atomic E-state index is -0.277. The predicted octanol–water partition coefficient (Wildman–Crippen LogP) is 1.61. The molecule has 0 radical (unpaired) electrons. The number of aromatic nitrogens is 1. The number of amides is 2. The third kappa shape index (κ3) is 4.72. The van der Waals surface area contributed by atoms with Crippen LogP contribution in [0.5, 0.6) is 0 Å². The fourth-order valence-electron chi connectivity index (χ4n) is 3.48. The molecule has 9 nitrogen and oxygen atoms in total. The fourth-order valence-corrected chi connectivity index (χ4v) is 3.48. The van der Waals surface area contributed by atoms with E-state index >= 15 is 0 Å². The third-order valence-electron chi connectivity index (χ3n) is 5.08. The van der Waals surface area contributed by atoms with Crippen molar-refractivity contribution in [1.29, 1.82) is 0 Å². The molecule has 1 aromatic heterocycles. The lowest BCUT2D eigenvalue weighted by atomic mass is 10.1. The van der Waals surface area contributed by atoms with Crippen molar-refractivity contribution < 1.29 is 19.1 Å². The molecule has 0 bridgehead atoms. The Morgan fingerprint density at radius 1 is 0.963 bits per heavy atom. The maximum absolute atomic E-state index is 11.6. The fraction of sp³-hybridized carbons (Fsp3) is 0.611. The van der Waals surface area contributed by atoms with E-state index in [0.717, 1.165) is 37.4 Å². The molecule has 2 fully saturated rings. The standard InChI is InChI=1S/C18H27N5O4/c1-26-17(24)22-7-5-14(6-8-22)20-15-3-4-16(19-13-15)21-9-11-23(12-10-21)18(25)27-2/h3-4,13-14,20H,5-12H2,1-2H3. The van der Waals surface area contributed by atoms with Crippen LogP contribution in [0.3, 0.4) is 0 Å². The van der Waals surface area contributed by atoms with Crippen LogP contribution in [0.15, 0.2) is 18.3 Å². The van der Waals surface area contributed by atoms with E-state index in [9.17, 15) is 9.59 Å². The lowest BCUT2D eigenvalue weighted by Crippen LogP contribution is -2.49. The Bertz CT molecular complexity index is 638. The molecule has 0 unspecified atom stereocenters. The Balaban J connectivity index is 1.47. The van der Waals surface area contributed by atoms with Gasteiger partial charge in [-0.3, -0.25) is 0 Å². The third-order valence-corrected chi connectivity index (χ3v) is 5.08. The van der Waals surface area contributed by atoms with E-state index in [1.165, 1.54) is 14.2 Å². The van der Waals surface area contributed by atoms with E-state index < -0.39 is 0 Å². The Labute approximate surface area is 159 Å². The summed E-state index contributed by atoms with van der Waals surface area (Å²) < 4.78 is 9.52. The first-order valence-corrected chi connectivity index (χ1v) is 9.24. The number of carbonyl (C=O) groups excluding carboxylic acids is 2. The number of carbonyl (C=O) groups is 2. The quantitative estimate of drug-likeness (QED) is 0.856. The van der Waals surface area contributed by atoms with Crippen molar-refractivity contribution in [2.75, 3.05) is 63.7 Å². The van der Waals surface area contributed by atoms with Crippen LogP contribution in [0.4, 0.5) is 21.1 Å². The zero-order chi connectivity index (χ0) is 19.2. The molecule has 2 amide bonds. The highest BCUT2D eigenvalue weighted by atomic mass is 16.5. The number of nitrogens with zero attached hydrogens (tertiary/aromatic N) is 4. The van der Waals surface area contributed by atoms with Gasteiger partial charge in [0.25, 0.3) is 0 Å². The van der Waals surface area contributed by atoms with E-state index in [2.05, 4.69) is 15.2 Å². The van der Waals surface area contributed by atoms with Gasteiger partial charge in [0.15, 0.2) is 0 Å². The summed E-state index contributed by atoms with van der Waals surface area (Å²) in [7, 11) is 2.82. The molecule has 2 saturated heterocycles. The Hall–Kier alpha value is -2.71. The van der Waals surface area contributed by atoms with Crippen LogP contribution in [-0.2, 0) is 9.47 Å². The second-order valence-electron chi connectivity index (χ2n) is 6.72. The summed E-state index contributed by atoms with van der Waals surface area (Å²) in [5.41, 5.74) is 0.975. The van der Waals surface area contributed by atoms with E-state index in [-0.39, 0.29) is 12.2 Å². The monoisotopic (exact) mass is 377 g/mol. The molecular formula is C18H27N5O4. The number of methoxy groups -OCH3 is 2. The molecule has 1 aromatic rings. The van der Waals surface area contributed by atoms with Crippen molar-refractivity contribution in [1.82, 2.24) is 14.8 Å². The molecule has 0 aromatic carbocycles. The number of hydrogen-bond acceptors (Lipinski definition) is 7. The average molecular weight is 377 g/mol. The second kappa shape index (κ2) is 8.79. The van der Waals surface area contributed by atoms with E-state index in [1.54, 1.807) is 9.80 Å². The average Bonchev–Trinajstić information content (AvgIpc) is 2.74. The first-order valence-electron chi connectivity index (χ1n) is 9.24. The Morgan fingerprint density at radius 2 is 1.56 bits per heavy atom. The Kier molecular flexibility index (Phi) is 6.20. The predicted molar refractivity (Wildman–Crippen MR) is 101 cm³/mol. The summed E-state index contributed by atoms with van der Waals surface area (Å²) in [6.07, 6.45) is 3.07. The second-order valence-corrected chi connectivity index (χ2v) is 6.72. The van der Waals surface area contributed by atoms with Gasteiger partial charge >= 0.3 is 12.2 Å². The summed E-state index contributed by atoms with van der Waals surface area (Å²) in [5, 5.41) is 3.49. The van der Waals surface area contributed by atoms with Crippen LogP contribution in [0.1, 0.15) is 12.8 Å². The lowest BCUT2D eigenvalue weighted by Gasteiger charge is -2.34. The molecule has 3 heterocycles. The van der Waals surface area contributed by atoms with Crippen molar-refractivity contribution in [2.24, 2.45) is 0 Å². The van der Waals surface area contributed by atoms with Gasteiger partial charge in [0.2, 0.25) is 0 Å². The summed E-state index contributed by atoms with van der Waals surface area (Å²) >= 11 is 0. The molecule has 148 valence electrons. The number of piperidine rings is 1. The van der Waals surface area contributed by atoms with Gasteiger partial charge in [-0.1, -0.05) is 0 Å². The molecule has 2 aliphatic rings. The largest absolute Gasteiger partial charge is 0.453 e. The molecule has 27 heavy (non-hydrogen) atoms. The van der Waals surface area contributed by atoms with Gasteiger partial charge in [-0.2, -0.15) is 0 Å². The first kappa shape index (κ1) is 19.1. The van der Waals surface area contributed by atoms with Crippen LogP contribution in [0.2, 0.25) is 0 Å². The van der Waals surface area contributed by atoms with Crippen LogP contribution in [0, 0.1) is 0 Å². The van der Waals surface area contributed by atoms with Gasteiger partial charge in [0, 0.05) is 45.3 Å². The number of nitrogens with one attached hydrogen (secondary N) is 1. The summed E-state index contributed by atoms with van der Waals surface area (Å²) in [4.78, 5) is 33.2. The molecular weight excluding hydrogens is 350 g/mol. The molecule has 0 atom stereocenters. The van der Waals surface area contributed by atoms with Gasteiger partial charge < -0.3 is 29.5 Å². The Morgan fingerprint density at radius 3 is 2.07 bits per heavy atom. The number of pyridine rings is 1. The van der Waals surface area contributed by atoms with Crippen molar-refractivity contribution in [3.63, 3.8) is 0 Å². The van der Waals surface area contributed by atoms with E-state index in [0.29, 0.717) is 32.2 Å². The highest BCUT2D eigenvalue weighted by Crippen LogP contribution is 2.20. The zero-order valence-corrected chi connectivity index (χ0v) is 15.9. The first-order chi connectivity index (χ1) is 13.1. The summed E-state index contributed by atoms with van der Waals surface area (Å²) in [5.74, 6) is 0.908. The minimum Gasteiger partial charge on any atom is -0.453 e. The minimum absolute atomic E-state index is 0.258. The number of anilines is 2. The number of hydrogen-bond donors (Lipinski definition) is 1. The number of ether oxygens (including phenoxy) is 2. The summed E-state index contributed by atoms with van der Waals surface area (Å²) in [6, 6.07) is 4.35. The molecule has 2 aliphatic heterocycles. The number of rotatable bonds is 3. The van der Waals surface area contributed by atoms with Gasteiger partial charge in [0.05, 0.1) is 26.1 Å². The maximum atomic E-state index is 11.6. The zero-order valence-electron chi connectivity index (χ0n) is 15.9. The molecule has 0 saturated carbocycles. The van der Waals surface area contributed by atoms with Gasteiger partial charge in [0.1, 0.15) is 5.82 Å². The molecule has 0 aliphatic carbocycles. The van der Waals surface area contributed by atoms with Crippen molar-refractivity contribution in [2.45, 2.75) is 18.9 Å². The normalized spacial score (nSPS) is 18.2. The van der Waals surface area contributed by atoms with Crippen molar-refractivity contribution in [3.8, 4) is 0 Å². The van der Waals surface area contributed by atoms with Gasteiger partial charge in [-0.05, 0) is 25.0 Å². The highest BCUT2D eigenvalue weighted by Gasteiger charge is 2.24. The van der Waals surface area contributed by atoms with Crippen LogP contribution in [0.25, 0.3) is 0 Å². The van der Waals surface area contributed by atoms with Crippen LogP contribution < -0.4 is 10.2 Å². The van der Waals surface area contributed by atoms with E-state index in [4.69, 9.17) is 9.47 Å². The maximum Gasteiger partial charge on any atom is 0.409 e. The SMILES string of the molecule is COC(=O)N1CCC(Nc2ccc(N3CCN(C(=O)OC)CC3)nc2)CC1. The van der Waals surface area contributed by atoms with Crippen LogP contribution in [-0.4, -0.2) is 86.5 Å². The van der Waals surface area contributed by atoms with E-state index in [1.807, 2.05) is 18.3 Å². The molecule has 9 heteroatoms. The molecule has 0 spiro atoms.